The molecular weight excluding hydrogens is 358 g/mol. The fourth-order valence-electron chi connectivity index (χ4n) is 2.99. The van der Waals surface area contributed by atoms with Crippen LogP contribution in [-0.2, 0) is 0 Å². The zero-order chi connectivity index (χ0) is 20.1. The van der Waals surface area contributed by atoms with Gasteiger partial charge in [-0.1, -0.05) is 6.07 Å². The van der Waals surface area contributed by atoms with Crippen LogP contribution in [0.1, 0.15) is 0 Å². The number of nitrogens with zero attached hydrogens (tertiary/aromatic N) is 1. The van der Waals surface area contributed by atoms with Gasteiger partial charge in [-0.2, -0.15) is 0 Å². The molecule has 1 heterocycles. The van der Waals surface area contributed by atoms with E-state index in [0.29, 0.717) is 28.7 Å². The molecule has 0 fully saturated rings. The first kappa shape index (κ1) is 19.4. The summed E-state index contributed by atoms with van der Waals surface area (Å²) < 4.78 is 27.3. The van der Waals surface area contributed by atoms with Gasteiger partial charge in [-0.3, -0.25) is 0 Å². The standard InChI is InChI=1S/C22H23NO5/c1-24-14-9-10-16(19(11-14)26-3)17-7-6-8-18(23-17)22-20(27-4)12-15(25-2)13-21(22)28-5/h6-13H,1-5H3. The van der Waals surface area contributed by atoms with Crippen molar-refractivity contribution in [3.05, 3.63) is 48.5 Å². The Morgan fingerprint density at radius 2 is 1.14 bits per heavy atom. The van der Waals surface area contributed by atoms with Crippen LogP contribution in [0.4, 0.5) is 0 Å². The van der Waals surface area contributed by atoms with Gasteiger partial charge in [-0.25, -0.2) is 4.98 Å². The lowest BCUT2D eigenvalue weighted by molar-refractivity contribution is 0.377. The molecule has 0 atom stereocenters. The molecular formula is C22H23NO5. The van der Waals surface area contributed by atoms with Gasteiger partial charge in [0.15, 0.2) is 0 Å². The van der Waals surface area contributed by atoms with Gasteiger partial charge in [0.25, 0.3) is 0 Å². The average Bonchev–Trinajstić information content (AvgIpc) is 2.77. The third-order valence-corrected chi connectivity index (χ3v) is 4.40. The molecule has 0 aliphatic carbocycles. The highest BCUT2D eigenvalue weighted by Gasteiger charge is 2.18. The number of benzene rings is 2. The molecule has 1 aromatic heterocycles. The number of aromatic nitrogens is 1. The van der Waals surface area contributed by atoms with Crippen LogP contribution in [0.3, 0.4) is 0 Å². The second-order valence-corrected chi connectivity index (χ2v) is 5.88. The highest BCUT2D eigenvalue weighted by Crippen LogP contribution is 2.42. The smallest absolute Gasteiger partial charge is 0.135 e. The monoisotopic (exact) mass is 381 g/mol. The van der Waals surface area contributed by atoms with Crippen LogP contribution in [0.5, 0.6) is 28.7 Å². The van der Waals surface area contributed by atoms with Crippen molar-refractivity contribution in [1.29, 1.82) is 0 Å². The Labute approximate surface area is 164 Å². The van der Waals surface area contributed by atoms with Gasteiger partial charge in [0.05, 0.1) is 52.5 Å². The molecule has 146 valence electrons. The summed E-state index contributed by atoms with van der Waals surface area (Å²) in [4.78, 5) is 4.83. The van der Waals surface area contributed by atoms with Crippen molar-refractivity contribution in [3.63, 3.8) is 0 Å². The lowest BCUT2D eigenvalue weighted by Gasteiger charge is -2.16. The molecule has 0 spiro atoms. The Morgan fingerprint density at radius 3 is 1.71 bits per heavy atom. The first-order valence-corrected chi connectivity index (χ1v) is 8.65. The maximum absolute atomic E-state index is 5.56. The third kappa shape index (κ3) is 3.67. The molecule has 0 bridgehead atoms. The predicted octanol–water partition coefficient (Wildman–Crippen LogP) is 4.46. The highest BCUT2D eigenvalue weighted by atomic mass is 16.5. The maximum atomic E-state index is 5.56. The Kier molecular flexibility index (Phi) is 5.89. The van der Waals surface area contributed by atoms with Crippen LogP contribution >= 0.6 is 0 Å². The SMILES string of the molecule is COc1ccc(-c2cccc(-c3c(OC)cc(OC)cc3OC)n2)c(OC)c1. The average molecular weight is 381 g/mol. The predicted molar refractivity (Wildman–Crippen MR) is 108 cm³/mol. The van der Waals surface area contributed by atoms with Crippen LogP contribution in [0.2, 0.25) is 0 Å². The number of hydrogen-bond acceptors (Lipinski definition) is 6. The summed E-state index contributed by atoms with van der Waals surface area (Å²) in [5, 5.41) is 0. The summed E-state index contributed by atoms with van der Waals surface area (Å²) >= 11 is 0. The van der Waals surface area contributed by atoms with E-state index < -0.39 is 0 Å². The normalized spacial score (nSPS) is 10.3. The van der Waals surface area contributed by atoms with Gasteiger partial charge in [-0.05, 0) is 24.3 Å². The highest BCUT2D eigenvalue weighted by molar-refractivity contribution is 5.78. The Bertz CT molecular complexity index is 946. The van der Waals surface area contributed by atoms with E-state index in [1.54, 1.807) is 47.7 Å². The van der Waals surface area contributed by atoms with E-state index in [-0.39, 0.29) is 0 Å². The minimum absolute atomic E-state index is 0.613. The molecule has 2 aromatic carbocycles. The van der Waals surface area contributed by atoms with E-state index >= 15 is 0 Å². The second-order valence-electron chi connectivity index (χ2n) is 5.88. The molecule has 6 heteroatoms. The Morgan fingerprint density at radius 1 is 0.571 bits per heavy atom. The summed E-state index contributed by atoms with van der Waals surface area (Å²) in [5.41, 5.74) is 3.08. The van der Waals surface area contributed by atoms with Crippen molar-refractivity contribution < 1.29 is 23.7 Å². The van der Waals surface area contributed by atoms with Crippen molar-refractivity contribution in [3.8, 4) is 51.3 Å². The van der Waals surface area contributed by atoms with E-state index in [4.69, 9.17) is 28.7 Å². The Balaban J connectivity index is 2.15. The molecule has 3 rings (SSSR count). The van der Waals surface area contributed by atoms with Gasteiger partial charge < -0.3 is 23.7 Å². The van der Waals surface area contributed by atoms with Crippen molar-refractivity contribution in [1.82, 2.24) is 4.98 Å². The van der Waals surface area contributed by atoms with Crippen LogP contribution in [-0.4, -0.2) is 40.5 Å². The molecule has 0 unspecified atom stereocenters. The minimum Gasteiger partial charge on any atom is -0.497 e. The zero-order valence-corrected chi connectivity index (χ0v) is 16.6. The molecule has 0 amide bonds. The van der Waals surface area contributed by atoms with Crippen molar-refractivity contribution in [2.45, 2.75) is 0 Å². The number of ether oxygens (including phenoxy) is 5. The molecule has 6 nitrogen and oxygen atoms in total. The van der Waals surface area contributed by atoms with Gasteiger partial charge in [0.1, 0.15) is 28.7 Å². The second kappa shape index (κ2) is 8.52. The largest absolute Gasteiger partial charge is 0.497 e. The third-order valence-electron chi connectivity index (χ3n) is 4.40. The van der Waals surface area contributed by atoms with Gasteiger partial charge in [-0.15, -0.1) is 0 Å². The molecule has 28 heavy (non-hydrogen) atoms. The molecule has 0 aliphatic heterocycles. The molecule has 0 saturated carbocycles. The number of pyridine rings is 1. The topological polar surface area (TPSA) is 59.0 Å². The summed E-state index contributed by atoms with van der Waals surface area (Å²) in [6, 6.07) is 15.0. The summed E-state index contributed by atoms with van der Waals surface area (Å²) in [6.45, 7) is 0. The van der Waals surface area contributed by atoms with Gasteiger partial charge in [0.2, 0.25) is 0 Å². The van der Waals surface area contributed by atoms with Crippen LogP contribution in [0, 0.1) is 0 Å². The molecule has 0 N–H and O–H groups in total. The number of rotatable bonds is 7. The van der Waals surface area contributed by atoms with Crippen molar-refractivity contribution in [2.75, 3.05) is 35.5 Å². The fraction of sp³-hybridized carbons (Fsp3) is 0.227. The molecule has 0 aliphatic rings. The quantitative estimate of drug-likeness (QED) is 0.602. The van der Waals surface area contributed by atoms with Gasteiger partial charge >= 0.3 is 0 Å². The molecule has 0 saturated heterocycles. The minimum atomic E-state index is 0.613. The van der Waals surface area contributed by atoms with Crippen molar-refractivity contribution >= 4 is 0 Å². The van der Waals surface area contributed by atoms with Crippen molar-refractivity contribution in [2.24, 2.45) is 0 Å². The summed E-state index contributed by atoms with van der Waals surface area (Å²) in [7, 11) is 8.05. The van der Waals surface area contributed by atoms with E-state index in [1.807, 2.05) is 36.4 Å². The van der Waals surface area contributed by atoms with E-state index in [1.165, 1.54) is 0 Å². The van der Waals surface area contributed by atoms with Gasteiger partial charge in [0, 0.05) is 23.8 Å². The van der Waals surface area contributed by atoms with Crippen LogP contribution < -0.4 is 23.7 Å². The van der Waals surface area contributed by atoms with E-state index in [2.05, 4.69) is 0 Å². The van der Waals surface area contributed by atoms with Crippen LogP contribution in [0.25, 0.3) is 22.5 Å². The molecule has 0 radical (unpaired) electrons. The van der Waals surface area contributed by atoms with E-state index in [0.717, 1.165) is 22.6 Å². The fourth-order valence-corrected chi connectivity index (χ4v) is 2.99. The first-order chi connectivity index (χ1) is 13.6. The first-order valence-electron chi connectivity index (χ1n) is 8.65. The van der Waals surface area contributed by atoms with E-state index in [9.17, 15) is 0 Å². The number of hydrogen-bond donors (Lipinski definition) is 0. The zero-order valence-electron chi connectivity index (χ0n) is 16.6. The lowest BCUT2D eigenvalue weighted by atomic mass is 10.1. The van der Waals surface area contributed by atoms with Crippen LogP contribution in [0.15, 0.2) is 48.5 Å². The number of methoxy groups -OCH3 is 5. The summed E-state index contributed by atoms with van der Waals surface area (Å²) in [5.74, 6) is 3.27. The summed E-state index contributed by atoms with van der Waals surface area (Å²) in [6.07, 6.45) is 0. The Hall–Kier alpha value is -3.41. The molecule has 3 aromatic rings. The lowest BCUT2D eigenvalue weighted by Crippen LogP contribution is -1.98. The maximum Gasteiger partial charge on any atom is 0.135 e.